The van der Waals surface area contributed by atoms with E-state index in [4.69, 9.17) is 0 Å². The minimum absolute atomic E-state index is 0.0104. The predicted octanol–water partition coefficient (Wildman–Crippen LogP) is 5.09. The van der Waals surface area contributed by atoms with Gasteiger partial charge in [-0.3, -0.25) is 0 Å². The van der Waals surface area contributed by atoms with Crippen molar-refractivity contribution in [1.82, 2.24) is 5.32 Å². The highest BCUT2D eigenvalue weighted by Crippen LogP contribution is 2.30. The molecule has 1 atom stereocenters. The zero-order valence-corrected chi connectivity index (χ0v) is 14.4. The minimum Gasteiger partial charge on any atom is -0.311 e. The molecule has 1 rings (SSSR count). The van der Waals surface area contributed by atoms with Crippen LogP contribution >= 0.6 is 0 Å². The summed E-state index contributed by atoms with van der Waals surface area (Å²) in [5, 5.41) is 2.97. The Balaban J connectivity index is 2.91. The van der Waals surface area contributed by atoms with Crippen LogP contribution in [0, 0.1) is 5.92 Å². The van der Waals surface area contributed by atoms with Gasteiger partial charge in [0.15, 0.2) is 0 Å². The summed E-state index contributed by atoms with van der Waals surface area (Å²) in [5.41, 5.74) is 1.42. The van der Waals surface area contributed by atoms with Crippen LogP contribution in [0.2, 0.25) is 0 Å². The van der Waals surface area contributed by atoms with Crippen LogP contribution in [0.3, 0.4) is 0 Å². The number of hydrogen-bond acceptors (Lipinski definition) is 1. The maximum Gasteiger partial charge on any atom is 0.393 e. The molecule has 1 aromatic carbocycles. The van der Waals surface area contributed by atoms with Crippen molar-refractivity contribution in [3.63, 3.8) is 0 Å². The van der Waals surface area contributed by atoms with E-state index in [1.807, 2.05) is 39.0 Å². The second-order valence-corrected chi connectivity index (χ2v) is 8.02. The summed E-state index contributed by atoms with van der Waals surface area (Å²) in [6.45, 7) is 11.8. The van der Waals surface area contributed by atoms with Crippen LogP contribution in [-0.2, 0) is 11.8 Å². The van der Waals surface area contributed by atoms with E-state index in [0.29, 0.717) is 0 Å². The molecular formula is C18H28F3N. The van der Waals surface area contributed by atoms with Gasteiger partial charge in [0.05, 0.1) is 5.92 Å². The number of benzene rings is 1. The Labute approximate surface area is 132 Å². The summed E-state index contributed by atoms with van der Waals surface area (Å²) in [4.78, 5) is 0. The maximum absolute atomic E-state index is 13.3. The van der Waals surface area contributed by atoms with Gasteiger partial charge in [0.25, 0.3) is 0 Å². The zero-order chi connectivity index (χ0) is 17.2. The molecule has 1 nitrogen and oxygen atoms in total. The van der Waals surface area contributed by atoms with Gasteiger partial charge in [0, 0.05) is 12.1 Å². The lowest BCUT2D eigenvalue weighted by Crippen LogP contribution is -2.43. The third kappa shape index (κ3) is 6.39. The van der Waals surface area contributed by atoms with Gasteiger partial charge in [0.2, 0.25) is 0 Å². The molecule has 126 valence electrons. The van der Waals surface area contributed by atoms with Crippen molar-refractivity contribution in [2.45, 2.75) is 65.1 Å². The summed E-state index contributed by atoms with van der Waals surface area (Å²) in [5.74, 6) is -1.37. The van der Waals surface area contributed by atoms with E-state index in [0.717, 1.165) is 11.1 Å². The van der Waals surface area contributed by atoms with Crippen LogP contribution in [0.1, 0.15) is 52.7 Å². The molecule has 0 bridgehead atoms. The number of alkyl halides is 3. The molecule has 0 saturated carbocycles. The maximum atomic E-state index is 13.3. The molecule has 0 spiro atoms. The lowest BCUT2D eigenvalue weighted by atomic mass is 9.85. The molecular weight excluding hydrogens is 287 g/mol. The quantitative estimate of drug-likeness (QED) is 0.815. The number of halogens is 3. The Morgan fingerprint density at radius 3 is 2.05 bits per heavy atom. The van der Waals surface area contributed by atoms with E-state index in [9.17, 15) is 13.2 Å². The first-order valence-corrected chi connectivity index (χ1v) is 7.70. The van der Waals surface area contributed by atoms with Gasteiger partial charge >= 0.3 is 6.18 Å². The molecule has 0 aromatic heterocycles. The highest BCUT2D eigenvalue weighted by Gasteiger charge is 2.39. The molecule has 22 heavy (non-hydrogen) atoms. The molecule has 0 aliphatic heterocycles. The van der Waals surface area contributed by atoms with Gasteiger partial charge in [-0.05, 0) is 43.7 Å². The molecule has 0 radical (unpaired) electrons. The Hall–Kier alpha value is -1.03. The summed E-state index contributed by atoms with van der Waals surface area (Å²) in [7, 11) is 0. The van der Waals surface area contributed by atoms with Gasteiger partial charge < -0.3 is 5.32 Å². The largest absolute Gasteiger partial charge is 0.393 e. The van der Waals surface area contributed by atoms with Gasteiger partial charge in [-0.2, -0.15) is 13.2 Å². The first-order chi connectivity index (χ1) is 9.79. The highest BCUT2D eigenvalue weighted by molar-refractivity contribution is 5.29. The van der Waals surface area contributed by atoms with Crippen LogP contribution in [0.25, 0.3) is 0 Å². The molecule has 0 unspecified atom stereocenters. The Morgan fingerprint density at radius 1 is 1.00 bits per heavy atom. The fourth-order valence-corrected chi connectivity index (χ4v) is 2.18. The SMILES string of the molecule is CC(C)(C)NC[C@H](Cc1cccc(C(C)(C)C)c1)C(F)(F)F. The van der Waals surface area contributed by atoms with E-state index in [1.165, 1.54) is 0 Å². The smallest absolute Gasteiger partial charge is 0.311 e. The summed E-state index contributed by atoms with van der Waals surface area (Å²) >= 11 is 0. The molecule has 4 heteroatoms. The lowest BCUT2D eigenvalue weighted by Gasteiger charge is -2.27. The Kier molecular flexibility index (Phi) is 5.71. The van der Waals surface area contributed by atoms with E-state index in [2.05, 4.69) is 26.1 Å². The molecule has 0 fully saturated rings. The molecule has 0 heterocycles. The van der Waals surface area contributed by atoms with Crippen molar-refractivity contribution >= 4 is 0 Å². The molecule has 0 aliphatic carbocycles. The summed E-state index contributed by atoms with van der Waals surface area (Å²) in [6, 6.07) is 7.50. The van der Waals surface area contributed by atoms with E-state index in [1.54, 1.807) is 6.07 Å². The fourth-order valence-electron chi connectivity index (χ4n) is 2.18. The molecule has 0 aliphatic rings. The third-order valence-corrected chi connectivity index (χ3v) is 3.62. The van der Waals surface area contributed by atoms with Crippen LogP contribution in [0.15, 0.2) is 24.3 Å². The minimum atomic E-state index is -4.20. The van der Waals surface area contributed by atoms with Gasteiger partial charge in [0.1, 0.15) is 0 Å². The average Bonchev–Trinajstić information content (AvgIpc) is 2.31. The standard InChI is InChI=1S/C18H28F3N/c1-16(2,3)14-9-7-8-13(10-14)11-15(18(19,20)21)12-22-17(4,5)6/h7-10,15,22H,11-12H2,1-6H3/t15-/m0/s1. The van der Waals surface area contributed by atoms with Gasteiger partial charge in [-0.25, -0.2) is 0 Å². The van der Waals surface area contributed by atoms with E-state index >= 15 is 0 Å². The molecule has 1 N–H and O–H groups in total. The normalized spacial score (nSPS) is 15.0. The van der Waals surface area contributed by atoms with Crippen molar-refractivity contribution in [3.8, 4) is 0 Å². The summed E-state index contributed by atoms with van der Waals surface area (Å²) in [6.07, 6.45) is -4.19. The predicted molar refractivity (Wildman–Crippen MR) is 86.1 cm³/mol. The Bertz CT molecular complexity index is 478. The summed E-state index contributed by atoms with van der Waals surface area (Å²) < 4.78 is 39.8. The fraction of sp³-hybridized carbons (Fsp3) is 0.667. The van der Waals surface area contributed by atoms with Crippen molar-refractivity contribution in [3.05, 3.63) is 35.4 Å². The first kappa shape index (κ1) is 19.0. The lowest BCUT2D eigenvalue weighted by molar-refractivity contribution is -0.173. The van der Waals surface area contributed by atoms with Gasteiger partial charge in [-0.15, -0.1) is 0 Å². The second-order valence-electron chi connectivity index (χ2n) is 8.02. The van der Waals surface area contributed by atoms with Crippen LogP contribution < -0.4 is 5.32 Å². The number of hydrogen-bond donors (Lipinski definition) is 1. The van der Waals surface area contributed by atoms with Crippen LogP contribution in [0.5, 0.6) is 0 Å². The van der Waals surface area contributed by atoms with Gasteiger partial charge in [-0.1, -0.05) is 45.0 Å². The van der Waals surface area contributed by atoms with Crippen molar-refractivity contribution in [1.29, 1.82) is 0 Å². The first-order valence-electron chi connectivity index (χ1n) is 7.70. The second kappa shape index (κ2) is 6.61. The highest BCUT2D eigenvalue weighted by atomic mass is 19.4. The van der Waals surface area contributed by atoms with E-state index < -0.39 is 12.1 Å². The molecule has 0 amide bonds. The van der Waals surface area contributed by atoms with Crippen molar-refractivity contribution in [2.24, 2.45) is 5.92 Å². The Morgan fingerprint density at radius 2 is 1.59 bits per heavy atom. The van der Waals surface area contributed by atoms with Crippen LogP contribution in [0.4, 0.5) is 13.2 Å². The van der Waals surface area contributed by atoms with E-state index in [-0.39, 0.29) is 23.9 Å². The third-order valence-electron chi connectivity index (χ3n) is 3.62. The number of nitrogens with one attached hydrogen (secondary N) is 1. The van der Waals surface area contributed by atoms with Crippen molar-refractivity contribution < 1.29 is 13.2 Å². The number of rotatable bonds is 4. The van der Waals surface area contributed by atoms with Crippen LogP contribution in [-0.4, -0.2) is 18.3 Å². The van der Waals surface area contributed by atoms with Crippen molar-refractivity contribution in [2.75, 3.05) is 6.54 Å². The topological polar surface area (TPSA) is 12.0 Å². The monoisotopic (exact) mass is 315 g/mol. The zero-order valence-electron chi connectivity index (χ0n) is 14.4. The molecule has 1 aromatic rings. The average molecular weight is 315 g/mol. The molecule has 0 saturated heterocycles.